The Kier molecular flexibility index (Phi) is 7.72. The summed E-state index contributed by atoms with van der Waals surface area (Å²) in [5.74, 6) is -0.124. The van der Waals surface area contributed by atoms with E-state index in [2.05, 4.69) is 0 Å². The van der Waals surface area contributed by atoms with E-state index in [0.717, 1.165) is 16.7 Å². The molecule has 0 spiro atoms. The number of hydrogen-bond donors (Lipinski definition) is 2. The summed E-state index contributed by atoms with van der Waals surface area (Å²) in [6.07, 6.45) is 0. The molecule has 3 aromatic rings. The van der Waals surface area contributed by atoms with Crippen LogP contribution in [-0.2, 0) is 10.3 Å². The molecule has 0 atom stereocenters. The van der Waals surface area contributed by atoms with Crippen LogP contribution in [0.1, 0.15) is 27.0 Å². The van der Waals surface area contributed by atoms with Crippen LogP contribution in [0.2, 0.25) is 0 Å². The molecule has 6 heteroatoms. The first-order valence-corrected chi connectivity index (χ1v) is 7.53. The van der Waals surface area contributed by atoms with Gasteiger partial charge in [0, 0.05) is 16.7 Å². The van der Waals surface area contributed by atoms with E-state index >= 15 is 0 Å². The minimum atomic E-state index is -1.10. The fourth-order valence-electron chi connectivity index (χ4n) is 3.20. The number of cyclic esters (lactones) is 1. The van der Waals surface area contributed by atoms with Gasteiger partial charge < -0.3 is 14.9 Å². The molecule has 0 bridgehead atoms. The van der Waals surface area contributed by atoms with Gasteiger partial charge in [-0.3, -0.25) is 0 Å². The van der Waals surface area contributed by atoms with Gasteiger partial charge in [-0.1, -0.05) is 42.5 Å². The van der Waals surface area contributed by atoms with Crippen LogP contribution in [0.15, 0.2) is 72.8 Å². The number of ether oxygens (including phenoxy) is 1. The fourth-order valence-corrected chi connectivity index (χ4v) is 3.20. The average molecular weight is 399 g/mol. The standard InChI is InChI=1S/C20H14O4.2K.2H/c21-15-9-5-13(6-10-15)20(14-7-11-16(22)12-8-14)18-4-2-1-3-17(18)19(23)24-20;;;;/h1-12,21-22H;;;;. The summed E-state index contributed by atoms with van der Waals surface area (Å²) in [4.78, 5) is 12.4. The van der Waals surface area contributed by atoms with Gasteiger partial charge in [-0.2, -0.15) is 0 Å². The summed E-state index contributed by atoms with van der Waals surface area (Å²) in [5, 5.41) is 19.2. The summed E-state index contributed by atoms with van der Waals surface area (Å²) in [6, 6.07) is 20.4. The van der Waals surface area contributed by atoms with E-state index in [9.17, 15) is 15.0 Å². The quantitative estimate of drug-likeness (QED) is 0.513. The molecule has 0 unspecified atom stereocenters. The van der Waals surface area contributed by atoms with E-state index in [1.165, 1.54) is 0 Å². The van der Waals surface area contributed by atoms with Crippen molar-refractivity contribution in [2.75, 3.05) is 0 Å². The van der Waals surface area contributed by atoms with E-state index < -0.39 is 11.6 Å². The Labute approximate surface area is 236 Å². The maximum atomic E-state index is 12.4. The summed E-state index contributed by atoms with van der Waals surface area (Å²) >= 11 is 0. The molecule has 0 saturated heterocycles. The third kappa shape index (κ3) is 3.78. The number of aromatic hydroxyl groups is 2. The van der Waals surface area contributed by atoms with Crippen molar-refractivity contribution < 1.29 is 19.7 Å². The van der Waals surface area contributed by atoms with E-state index in [4.69, 9.17) is 4.74 Å². The van der Waals surface area contributed by atoms with Crippen molar-refractivity contribution in [3.63, 3.8) is 0 Å². The Balaban J connectivity index is 0.00000121. The van der Waals surface area contributed by atoms with Crippen molar-refractivity contribution in [2.45, 2.75) is 5.60 Å². The maximum absolute atomic E-state index is 12.4. The third-order valence-corrected chi connectivity index (χ3v) is 4.32. The topological polar surface area (TPSA) is 66.8 Å². The van der Waals surface area contributed by atoms with Crippen LogP contribution in [0.4, 0.5) is 0 Å². The van der Waals surface area contributed by atoms with Gasteiger partial charge in [-0.05, 0) is 30.3 Å². The molecule has 0 aromatic heterocycles. The molecular weight excluding hydrogens is 382 g/mol. The molecule has 0 amide bonds. The first-order chi connectivity index (χ1) is 11.6. The number of hydrogen-bond acceptors (Lipinski definition) is 4. The molecule has 26 heavy (non-hydrogen) atoms. The summed E-state index contributed by atoms with van der Waals surface area (Å²) in [5.41, 5.74) is 1.60. The zero-order chi connectivity index (χ0) is 16.7. The van der Waals surface area contributed by atoms with Crippen LogP contribution >= 0.6 is 0 Å². The van der Waals surface area contributed by atoms with Crippen LogP contribution in [0.25, 0.3) is 0 Å². The Morgan fingerprint density at radius 3 is 1.65 bits per heavy atom. The molecule has 3 aromatic carbocycles. The van der Waals surface area contributed by atoms with Crippen molar-refractivity contribution in [3.8, 4) is 11.5 Å². The number of phenols is 2. The van der Waals surface area contributed by atoms with Gasteiger partial charge in [0.05, 0.1) is 5.56 Å². The molecule has 0 fully saturated rings. The normalized spacial score (nSPS) is 13.8. The number of carbonyl (C=O) groups is 1. The van der Waals surface area contributed by atoms with Gasteiger partial charge in [0.2, 0.25) is 0 Å². The molecule has 4 nitrogen and oxygen atoms in total. The van der Waals surface area contributed by atoms with Crippen LogP contribution in [-0.4, -0.2) is 119 Å². The van der Waals surface area contributed by atoms with Crippen molar-refractivity contribution in [1.29, 1.82) is 0 Å². The first kappa shape index (κ1) is 22.3. The molecule has 1 heterocycles. The number of esters is 1. The van der Waals surface area contributed by atoms with Gasteiger partial charge in [0.25, 0.3) is 0 Å². The van der Waals surface area contributed by atoms with Crippen molar-refractivity contribution >= 4 is 109 Å². The van der Waals surface area contributed by atoms with Gasteiger partial charge in [-0.15, -0.1) is 0 Å². The second-order valence-electron chi connectivity index (χ2n) is 5.71. The molecule has 0 saturated carbocycles. The number of fused-ring (bicyclic) bond motifs is 1. The Morgan fingerprint density at radius 2 is 1.15 bits per heavy atom. The zero-order valence-corrected chi connectivity index (χ0v) is 12.6. The number of phenolic OH excluding ortho intramolecular Hbond substituents is 2. The Hall–Kier alpha value is 0.00273. The molecular formula is C20H16K2O4. The number of benzene rings is 3. The fraction of sp³-hybridized carbons (Fsp3) is 0.0500. The molecule has 0 aliphatic carbocycles. The second kappa shape index (κ2) is 9.00. The van der Waals surface area contributed by atoms with E-state index in [1.807, 2.05) is 12.1 Å². The number of carbonyl (C=O) groups excluding carboxylic acids is 1. The summed E-state index contributed by atoms with van der Waals surface area (Å²) < 4.78 is 5.87. The predicted molar refractivity (Wildman–Crippen MR) is 102 cm³/mol. The van der Waals surface area contributed by atoms with Gasteiger partial charge >= 0.3 is 109 Å². The van der Waals surface area contributed by atoms with Crippen LogP contribution in [0.3, 0.4) is 0 Å². The van der Waals surface area contributed by atoms with Gasteiger partial charge in [-0.25, -0.2) is 4.79 Å². The molecule has 122 valence electrons. The Bertz CT molecular complexity index is 876. The molecule has 0 radical (unpaired) electrons. The monoisotopic (exact) mass is 398 g/mol. The molecule has 1 aliphatic heterocycles. The zero-order valence-electron chi connectivity index (χ0n) is 12.6. The molecule has 1 aliphatic rings. The van der Waals surface area contributed by atoms with E-state index in [0.29, 0.717) is 5.56 Å². The van der Waals surface area contributed by atoms with E-state index in [1.54, 1.807) is 60.7 Å². The summed E-state index contributed by atoms with van der Waals surface area (Å²) in [6.45, 7) is 0. The minimum absolute atomic E-state index is 0. The van der Waals surface area contributed by atoms with Crippen LogP contribution in [0, 0.1) is 0 Å². The van der Waals surface area contributed by atoms with E-state index in [-0.39, 0.29) is 114 Å². The average Bonchev–Trinajstić information content (AvgIpc) is 2.91. The van der Waals surface area contributed by atoms with Gasteiger partial charge in [0.1, 0.15) is 11.5 Å². The third-order valence-electron chi connectivity index (χ3n) is 4.32. The van der Waals surface area contributed by atoms with Crippen molar-refractivity contribution in [3.05, 3.63) is 95.1 Å². The van der Waals surface area contributed by atoms with Crippen LogP contribution < -0.4 is 0 Å². The first-order valence-electron chi connectivity index (χ1n) is 7.53. The second-order valence-corrected chi connectivity index (χ2v) is 5.71. The predicted octanol–water partition coefficient (Wildman–Crippen LogP) is 2.26. The Morgan fingerprint density at radius 1 is 0.692 bits per heavy atom. The molecule has 2 N–H and O–H groups in total. The van der Waals surface area contributed by atoms with Crippen molar-refractivity contribution in [1.82, 2.24) is 0 Å². The van der Waals surface area contributed by atoms with Gasteiger partial charge in [0.15, 0.2) is 5.60 Å². The SMILES string of the molecule is O=C1OC(c2ccc(O)cc2)(c2ccc(O)cc2)c2ccccc21.[KH].[KH]. The summed E-state index contributed by atoms with van der Waals surface area (Å²) in [7, 11) is 0. The van der Waals surface area contributed by atoms with Crippen molar-refractivity contribution in [2.24, 2.45) is 0 Å². The number of rotatable bonds is 2. The molecule has 4 rings (SSSR count). The van der Waals surface area contributed by atoms with Crippen LogP contribution in [0.5, 0.6) is 11.5 Å².